The largest absolute Gasteiger partial charge is 0.494 e. The number of carbonyl (C=O) groups excluding carboxylic acids is 4. The van der Waals surface area contributed by atoms with Gasteiger partial charge in [0.2, 0.25) is 0 Å². The molecule has 4 aromatic carbocycles. The molecule has 4 rings (SSSR count). The van der Waals surface area contributed by atoms with E-state index in [0.29, 0.717) is 24.3 Å². The second-order valence-electron chi connectivity index (χ2n) is 12.5. The molecule has 0 unspecified atom stereocenters. The van der Waals surface area contributed by atoms with Crippen LogP contribution in [-0.4, -0.2) is 59.7 Å². The fourth-order valence-corrected chi connectivity index (χ4v) is 5.26. The minimum absolute atomic E-state index is 0.229. The predicted octanol–water partition coefficient (Wildman–Crippen LogP) is 6.42. The zero-order valence-electron chi connectivity index (χ0n) is 30.4. The molecule has 0 bridgehead atoms. The molecule has 6 N–H and O–H groups in total. The fraction of sp³-hybridized carbons (Fsp3) is 0.268. The van der Waals surface area contributed by atoms with Crippen molar-refractivity contribution in [1.82, 2.24) is 21.8 Å². The van der Waals surface area contributed by atoms with Crippen LogP contribution < -0.4 is 31.3 Å². The van der Waals surface area contributed by atoms with E-state index >= 15 is 0 Å². The molecule has 4 amide bonds. The van der Waals surface area contributed by atoms with Crippen molar-refractivity contribution in [2.24, 2.45) is 10.2 Å². The highest BCUT2D eigenvalue weighted by Gasteiger charge is 2.09. The molecule has 14 heteroatoms. The summed E-state index contributed by atoms with van der Waals surface area (Å²) in [5.74, 6) is -0.602. The summed E-state index contributed by atoms with van der Waals surface area (Å²) in [7, 11) is 0. The quantitative estimate of drug-likeness (QED) is 0.0229. The lowest BCUT2D eigenvalue weighted by Crippen LogP contribution is -2.20. The van der Waals surface area contributed by atoms with Crippen LogP contribution in [0.1, 0.15) is 110 Å². The number of ether oxygens (including phenoxy) is 2. The van der Waals surface area contributed by atoms with Crippen LogP contribution in [0.4, 0.5) is 0 Å². The standard InChI is InChI=1S/C41H46N6O8/c48-38(32-14-18-34(19-15-32)40(50)46-52)44-42-28-30-10-22-36(23-11-30)54-26-8-6-4-2-1-3-5-7-9-27-55-37-24-12-31(13-25-37)29-43-45-39(49)33-16-20-35(21-17-33)41(51)47-53/h10-25,28-29,52-53H,1-9,26-27H2,(H,44,48)(H,45,49)(H,46,50)(H,47,51)/b42-28+,43-29+. The predicted molar refractivity (Wildman–Crippen MR) is 207 cm³/mol. The summed E-state index contributed by atoms with van der Waals surface area (Å²) >= 11 is 0. The van der Waals surface area contributed by atoms with Gasteiger partial charge < -0.3 is 9.47 Å². The Labute approximate surface area is 319 Å². The number of hydrogen-bond acceptors (Lipinski definition) is 10. The maximum Gasteiger partial charge on any atom is 0.274 e. The van der Waals surface area contributed by atoms with Crippen LogP contribution in [-0.2, 0) is 0 Å². The third kappa shape index (κ3) is 14.9. The van der Waals surface area contributed by atoms with Crippen molar-refractivity contribution in [3.8, 4) is 11.5 Å². The van der Waals surface area contributed by atoms with Gasteiger partial charge in [-0.05, 0) is 121 Å². The Morgan fingerprint density at radius 3 is 1.04 bits per heavy atom. The first-order valence-electron chi connectivity index (χ1n) is 18.1. The van der Waals surface area contributed by atoms with Gasteiger partial charge in [0.1, 0.15) is 11.5 Å². The number of nitrogens with one attached hydrogen (secondary N) is 4. The SMILES string of the molecule is O=C(NO)c1ccc(C(=O)N/N=C/c2ccc(OCCCCCCCCCCCOc3ccc(/C=N/NC(=O)c4ccc(C(=O)NO)cc4)cc3)cc2)cc1. The van der Waals surface area contributed by atoms with Crippen molar-refractivity contribution in [3.05, 3.63) is 130 Å². The van der Waals surface area contributed by atoms with Gasteiger partial charge in [-0.3, -0.25) is 29.6 Å². The normalized spacial score (nSPS) is 10.9. The van der Waals surface area contributed by atoms with Gasteiger partial charge in [0.25, 0.3) is 23.6 Å². The summed E-state index contributed by atoms with van der Waals surface area (Å²) in [6.07, 6.45) is 13.3. The fourth-order valence-electron chi connectivity index (χ4n) is 5.26. The van der Waals surface area contributed by atoms with E-state index < -0.39 is 23.6 Å². The number of rotatable bonds is 22. The highest BCUT2D eigenvalue weighted by atomic mass is 16.5. The van der Waals surface area contributed by atoms with Crippen LogP contribution in [0.5, 0.6) is 11.5 Å². The monoisotopic (exact) mass is 750 g/mol. The Morgan fingerprint density at radius 1 is 0.436 bits per heavy atom. The first-order chi connectivity index (χ1) is 26.9. The summed E-state index contributed by atoms with van der Waals surface area (Å²) in [6, 6.07) is 26.5. The van der Waals surface area contributed by atoms with Gasteiger partial charge in [-0.25, -0.2) is 21.8 Å². The van der Waals surface area contributed by atoms with Crippen LogP contribution in [0, 0.1) is 0 Å². The Hall–Kier alpha value is -6.38. The summed E-state index contributed by atoms with van der Waals surface area (Å²) < 4.78 is 11.7. The van der Waals surface area contributed by atoms with Gasteiger partial charge in [-0.1, -0.05) is 44.9 Å². The molecular formula is C41H46N6O8. The Balaban J connectivity index is 0.960. The number of hydrogen-bond donors (Lipinski definition) is 6. The molecule has 0 heterocycles. The van der Waals surface area contributed by atoms with Crippen molar-refractivity contribution >= 4 is 36.1 Å². The van der Waals surface area contributed by atoms with Crippen molar-refractivity contribution in [2.45, 2.75) is 57.8 Å². The minimum Gasteiger partial charge on any atom is -0.494 e. The number of carbonyl (C=O) groups is 4. The maximum atomic E-state index is 12.2. The average molecular weight is 751 g/mol. The third-order valence-corrected chi connectivity index (χ3v) is 8.37. The van der Waals surface area contributed by atoms with Gasteiger partial charge >= 0.3 is 0 Å². The number of hydroxylamine groups is 2. The van der Waals surface area contributed by atoms with Crippen LogP contribution >= 0.6 is 0 Å². The molecule has 14 nitrogen and oxygen atoms in total. The Morgan fingerprint density at radius 2 is 0.727 bits per heavy atom. The van der Waals surface area contributed by atoms with Gasteiger partial charge in [-0.2, -0.15) is 10.2 Å². The molecule has 0 fully saturated rings. The molecule has 0 saturated carbocycles. The number of benzene rings is 4. The van der Waals surface area contributed by atoms with E-state index in [1.807, 2.05) is 48.5 Å². The first-order valence-corrected chi connectivity index (χ1v) is 18.1. The van der Waals surface area contributed by atoms with Crippen LogP contribution in [0.3, 0.4) is 0 Å². The van der Waals surface area contributed by atoms with E-state index in [-0.39, 0.29) is 11.1 Å². The number of amides is 4. The molecule has 55 heavy (non-hydrogen) atoms. The molecule has 0 aliphatic rings. The molecule has 0 aliphatic heterocycles. The molecule has 0 aliphatic carbocycles. The summed E-state index contributed by atoms with van der Waals surface area (Å²) in [6.45, 7) is 1.31. The van der Waals surface area contributed by atoms with E-state index in [2.05, 4.69) is 21.1 Å². The molecule has 288 valence electrons. The minimum atomic E-state index is -0.656. The average Bonchev–Trinajstić information content (AvgIpc) is 3.23. The number of nitrogens with zero attached hydrogens (tertiary/aromatic N) is 2. The molecular weight excluding hydrogens is 704 g/mol. The smallest absolute Gasteiger partial charge is 0.274 e. The van der Waals surface area contributed by atoms with E-state index in [0.717, 1.165) is 48.3 Å². The lowest BCUT2D eigenvalue weighted by molar-refractivity contribution is 0.0702. The second-order valence-corrected chi connectivity index (χ2v) is 12.5. The van der Waals surface area contributed by atoms with Crippen molar-refractivity contribution in [2.75, 3.05) is 13.2 Å². The number of hydrazone groups is 2. The highest BCUT2D eigenvalue weighted by Crippen LogP contribution is 2.15. The zero-order valence-corrected chi connectivity index (χ0v) is 30.4. The number of unbranched alkanes of at least 4 members (excludes halogenated alkanes) is 8. The zero-order chi connectivity index (χ0) is 39.1. The Kier molecular flexibility index (Phi) is 17.5. The second kappa shape index (κ2) is 23.3. The van der Waals surface area contributed by atoms with E-state index in [1.165, 1.54) is 93.1 Å². The summed E-state index contributed by atoms with van der Waals surface area (Å²) in [5, 5.41) is 25.3. The Bertz CT molecular complexity index is 1730. The lowest BCUT2D eigenvalue weighted by atomic mass is 10.1. The van der Waals surface area contributed by atoms with Crippen LogP contribution in [0.2, 0.25) is 0 Å². The first kappa shape index (κ1) is 41.4. The van der Waals surface area contributed by atoms with Crippen LogP contribution in [0.15, 0.2) is 107 Å². The van der Waals surface area contributed by atoms with Gasteiger partial charge in [-0.15, -0.1) is 0 Å². The van der Waals surface area contributed by atoms with E-state index in [4.69, 9.17) is 19.9 Å². The van der Waals surface area contributed by atoms with E-state index in [1.54, 1.807) is 11.0 Å². The molecule has 0 atom stereocenters. The summed E-state index contributed by atoms with van der Waals surface area (Å²) in [4.78, 5) is 47.3. The molecule has 0 spiro atoms. The third-order valence-electron chi connectivity index (χ3n) is 8.37. The topological polar surface area (TPSA) is 200 Å². The van der Waals surface area contributed by atoms with Crippen LogP contribution in [0.25, 0.3) is 0 Å². The van der Waals surface area contributed by atoms with Crippen molar-refractivity contribution in [1.29, 1.82) is 0 Å². The molecule has 0 saturated heterocycles. The van der Waals surface area contributed by atoms with Gasteiger partial charge in [0, 0.05) is 22.3 Å². The van der Waals surface area contributed by atoms with Crippen molar-refractivity contribution in [3.63, 3.8) is 0 Å². The maximum absolute atomic E-state index is 12.2. The molecule has 0 aromatic heterocycles. The highest BCUT2D eigenvalue weighted by molar-refractivity contribution is 5.98. The van der Waals surface area contributed by atoms with Gasteiger partial charge in [0.05, 0.1) is 25.6 Å². The van der Waals surface area contributed by atoms with Gasteiger partial charge in [0.15, 0.2) is 0 Å². The van der Waals surface area contributed by atoms with Crippen molar-refractivity contribution < 1.29 is 39.1 Å². The summed E-state index contributed by atoms with van der Waals surface area (Å²) in [5.41, 5.74) is 10.7. The molecule has 0 radical (unpaired) electrons. The molecule has 4 aromatic rings. The lowest BCUT2D eigenvalue weighted by Gasteiger charge is -2.07. The van der Waals surface area contributed by atoms with E-state index in [9.17, 15) is 19.2 Å².